The predicted octanol–water partition coefficient (Wildman–Crippen LogP) is 7.14. The summed E-state index contributed by atoms with van der Waals surface area (Å²) in [6.07, 6.45) is -5.91. The van der Waals surface area contributed by atoms with E-state index in [0.29, 0.717) is 16.3 Å². The Bertz CT molecular complexity index is 1280. The molecule has 0 aliphatic carbocycles. The van der Waals surface area contributed by atoms with Crippen LogP contribution in [0.2, 0.25) is 5.02 Å². The van der Waals surface area contributed by atoms with Gasteiger partial charge in [-0.3, -0.25) is 4.57 Å². The van der Waals surface area contributed by atoms with Gasteiger partial charge < -0.3 is 4.74 Å². The molecule has 0 radical (unpaired) electrons. The number of ether oxygens (including phenoxy) is 1. The summed E-state index contributed by atoms with van der Waals surface area (Å²) in [5.74, 6) is -0.719. The third-order valence-corrected chi connectivity index (χ3v) is 5.40. The molecule has 34 heavy (non-hydrogen) atoms. The summed E-state index contributed by atoms with van der Waals surface area (Å²) in [7, 11) is 0. The molecule has 1 heterocycles. The number of imidazole rings is 1. The van der Waals surface area contributed by atoms with Crippen LogP contribution in [0.25, 0.3) is 28.2 Å². The predicted molar refractivity (Wildman–Crippen MR) is 125 cm³/mol. The van der Waals surface area contributed by atoms with Gasteiger partial charge in [-0.2, -0.15) is 13.2 Å². The lowest BCUT2D eigenvalue weighted by atomic mass is 10.1. The molecule has 0 bridgehead atoms. The Kier molecular flexibility index (Phi) is 6.75. The summed E-state index contributed by atoms with van der Waals surface area (Å²) < 4.78 is 47.2. The molecular formula is C26H20ClF3N2O2. The third-order valence-electron chi connectivity index (χ3n) is 5.14. The molecule has 0 spiro atoms. The van der Waals surface area contributed by atoms with E-state index in [0.717, 1.165) is 11.1 Å². The summed E-state index contributed by atoms with van der Waals surface area (Å²) in [6.45, 7) is 1.60. The Labute approximate surface area is 199 Å². The molecule has 3 aromatic carbocycles. The average Bonchev–Trinajstić information content (AvgIpc) is 3.18. The Balaban J connectivity index is 1.92. The van der Waals surface area contributed by atoms with Crippen LogP contribution in [0.3, 0.4) is 0 Å². The van der Waals surface area contributed by atoms with Crippen molar-refractivity contribution in [3.8, 4) is 28.2 Å². The highest BCUT2D eigenvalue weighted by Gasteiger charge is 2.35. The second-order valence-corrected chi connectivity index (χ2v) is 7.93. The van der Waals surface area contributed by atoms with Gasteiger partial charge in [-0.05, 0) is 54.4 Å². The minimum Gasteiger partial charge on any atom is -0.461 e. The van der Waals surface area contributed by atoms with E-state index in [1.54, 1.807) is 43.3 Å². The first kappa shape index (κ1) is 23.6. The zero-order valence-corrected chi connectivity index (χ0v) is 18.9. The van der Waals surface area contributed by atoms with Crippen LogP contribution in [0.15, 0.2) is 78.9 Å². The van der Waals surface area contributed by atoms with Crippen molar-refractivity contribution in [3.63, 3.8) is 0 Å². The summed E-state index contributed by atoms with van der Waals surface area (Å²) >= 11 is 6.00. The first-order valence-electron chi connectivity index (χ1n) is 10.5. The molecule has 0 fully saturated rings. The highest BCUT2D eigenvalue weighted by molar-refractivity contribution is 6.30. The van der Waals surface area contributed by atoms with E-state index in [9.17, 15) is 18.0 Å². The Hall–Kier alpha value is -3.58. The fourth-order valence-corrected chi connectivity index (χ4v) is 3.80. The number of carbonyl (C=O) groups is 1. The summed E-state index contributed by atoms with van der Waals surface area (Å²) in [6, 6.07) is 23.2. The van der Waals surface area contributed by atoms with Crippen LogP contribution in [0.1, 0.15) is 23.1 Å². The van der Waals surface area contributed by atoms with E-state index >= 15 is 0 Å². The van der Waals surface area contributed by atoms with E-state index in [2.05, 4.69) is 4.98 Å². The number of alkyl halides is 3. The van der Waals surface area contributed by atoms with Crippen molar-refractivity contribution >= 4 is 17.6 Å². The fourth-order valence-electron chi connectivity index (χ4n) is 3.67. The number of hydrogen-bond donors (Lipinski definition) is 0. The van der Waals surface area contributed by atoms with Gasteiger partial charge in [0, 0.05) is 16.3 Å². The number of esters is 1. The molecule has 0 unspecified atom stereocenters. The van der Waals surface area contributed by atoms with Crippen molar-refractivity contribution in [3.05, 3.63) is 95.3 Å². The van der Waals surface area contributed by atoms with Gasteiger partial charge in [-0.25, -0.2) is 9.78 Å². The van der Waals surface area contributed by atoms with Crippen molar-refractivity contribution < 1.29 is 22.7 Å². The maximum Gasteiger partial charge on any atom is 0.394 e. The SMILES string of the molecule is CCOC(=O)c1nc(-c2ccc(Cl)cc2)n(-c2ccc(-c3ccccc3)cc2)c1CC(F)(F)F. The second kappa shape index (κ2) is 9.73. The van der Waals surface area contributed by atoms with Gasteiger partial charge in [-0.1, -0.05) is 54.1 Å². The highest BCUT2D eigenvalue weighted by Crippen LogP contribution is 2.33. The van der Waals surface area contributed by atoms with Gasteiger partial charge in [0.25, 0.3) is 0 Å². The summed E-state index contributed by atoms with van der Waals surface area (Å²) in [4.78, 5) is 16.9. The molecule has 4 nitrogen and oxygen atoms in total. The van der Waals surface area contributed by atoms with Crippen molar-refractivity contribution in [2.45, 2.75) is 19.5 Å². The number of aromatic nitrogens is 2. The molecule has 0 amide bonds. The number of rotatable bonds is 6. The van der Waals surface area contributed by atoms with E-state index in [4.69, 9.17) is 16.3 Å². The van der Waals surface area contributed by atoms with Crippen molar-refractivity contribution in [2.24, 2.45) is 0 Å². The lowest BCUT2D eigenvalue weighted by Crippen LogP contribution is -2.19. The minimum absolute atomic E-state index is 0.0131. The zero-order valence-electron chi connectivity index (χ0n) is 18.1. The van der Waals surface area contributed by atoms with Crippen molar-refractivity contribution in [2.75, 3.05) is 6.61 Å². The average molecular weight is 485 g/mol. The second-order valence-electron chi connectivity index (χ2n) is 7.50. The molecule has 4 aromatic rings. The maximum absolute atomic E-state index is 13.6. The molecule has 0 N–H and O–H groups in total. The normalized spacial score (nSPS) is 11.4. The van der Waals surface area contributed by atoms with Crippen LogP contribution in [-0.4, -0.2) is 28.3 Å². The molecule has 8 heteroatoms. The van der Waals surface area contributed by atoms with Crippen LogP contribution in [0.5, 0.6) is 0 Å². The van der Waals surface area contributed by atoms with Crippen LogP contribution in [0, 0.1) is 0 Å². The fraction of sp³-hybridized carbons (Fsp3) is 0.154. The molecule has 0 atom stereocenters. The first-order chi connectivity index (χ1) is 16.3. The van der Waals surface area contributed by atoms with Crippen LogP contribution >= 0.6 is 11.6 Å². The lowest BCUT2D eigenvalue weighted by molar-refractivity contribution is -0.128. The lowest BCUT2D eigenvalue weighted by Gasteiger charge is -2.15. The number of halogens is 4. The van der Waals surface area contributed by atoms with Crippen LogP contribution < -0.4 is 0 Å². The maximum atomic E-state index is 13.6. The monoisotopic (exact) mass is 484 g/mol. The van der Waals surface area contributed by atoms with E-state index in [1.807, 2.05) is 42.5 Å². The third kappa shape index (κ3) is 5.15. The van der Waals surface area contributed by atoms with Gasteiger partial charge in [0.2, 0.25) is 0 Å². The molecule has 0 aliphatic rings. The number of hydrogen-bond acceptors (Lipinski definition) is 3. The van der Waals surface area contributed by atoms with Crippen LogP contribution in [0.4, 0.5) is 13.2 Å². The zero-order chi connectivity index (χ0) is 24.3. The minimum atomic E-state index is -4.57. The van der Waals surface area contributed by atoms with Crippen LogP contribution in [-0.2, 0) is 11.2 Å². The molecule has 1 aromatic heterocycles. The van der Waals surface area contributed by atoms with E-state index in [1.165, 1.54) is 4.57 Å². The number of benzene rings is 3. The highest BCUT2D eigenvalue weighted by atomic mass is 35.5. The Morgan fingerprint density at radius 3 is 2.09 bits per heavy atom. The molecule has 0 saturated heterocycles. The molecular weight excluding hydrogens is 465 g/mol. The molecule has 4 rings (SSSR count). The van der Waals surface area contributed by atoms with Gasteiger partial charge >= 0.3 is 12.1 Å². The quantitative estimate of drug-likeness (QED) is 0.273. The van der Waals surface area contributed by atoms with Crippen molar-refractivity contribution in [1.29, 1.82) is 0 Å². The number of nitrogens with zero attached hydrogens (tertiary/aromatic N) is 2. The van der Waals surface area contributed by atoms with E-state index < -0.39 is 18.6 Å². The molecule has 174 valence electrons. The molecule has 0 saturated carbocycles. The van der Waals surface area contributed by atoms with Gasteiger partial charge in [0.15, 0.2) is 5.69 Å². The van der Waals surface area contributed by atoms with E-state index in [-0.39, 0.29) is 23.8 Å². The Morgan fingerprint density at radius 2 is 1.50 bits per heavy atom. The van der Waals surface area contributed by atoms with Crippen molar-refractivity contribution in [1.82, 2.24) is 9.55 Å². The largest absolute Gasteiger partial charge is 0.461 e. The topological polar surface area (TPSA) is 44.1 Å². The first-order valence-corrected chi connectivity index (χ1v) is 10.9. The smallest absolute Gasteiger partial charge is 0.394 e. The Morgan fingerprint density at radius 1 is 0.912 bits per heavy atom. The van der Waals surface area contributed by atoms with Gasteiger partial charge in [-0.15, -0.1) is 0 Å². The number of carbonyl (C=O) groups excluding carboxylic acids is 1. The van der Waals surface area contributed by atoms with Gasteiger partial charge in [0.1, 0.15) is 5.82 Å². The molecule has 0 aliphatic heterocycles. The summed E-state index contributed by atoms with van der Waals surface area (Å²) in [5.41, 5.74) is 2.17. The summed E-state index contributed by atoms with van der Waals surface area (Å²) in [5, 5.41) is 0.468. The van der Waals surface area contributed by atoms with Gasteiger partial charge in [0.05, 0.1) is 18.7 Å². The standard InChI is InChI=1S/C26H20ClF3N2O2/c1-2-34-25(33)23-22(16-26(28,29)30)32(24(31-23)19-8-12-20(27)13-9-19)21-14-10-18(11-15-21)17-6-4-3-5-7-17/h3-15H,2,16H2,1H3.